The van der Waals surface area contributed by atoms with Gasteiger partial charge in [-0.2, -0.15) is 0 Å². The Morgan fingerprint density at radius 2 is 1.67 bits per heavy atom. The Morgan fingerprint density at radius 1 is 0.952 bits per heavy atom. The van der Waals surface area contributed by atoms with Crippen molar-refractivity contribution in [3.8, 4) is 5.75 Å². The zero-order valence-electron chi connectivity index (χ0n) is 12.0. The molecule has 0 saturated carbocycles. The van der Waals surface area contributed by atoms with Crippen molar-refractivity contribution >= 4 is 5.97 Å². The van der Waals surface area contributed by atoms with Crippen LogP contribution in [-0.2, 0) is 17.6 Å². The van der Waals surface area contributed by atoms with E-state index in [1.54, 1.807) is 0 Å². The van der Waals surface area contributed by atoms with E-state index in [-0.39, 0.29) is 6.42 Å². The molecule has 1 N–H and O–H groups in total. The first-order valence-electron chi connectivity index (χ1n) is 7.22. The van der Waals surface area contributed by atoms with Gasteiger partial charge in [-0.1, -0.05) is 48.5 Å². The van der Waals surface area contributed by atoms with Crippen LogP contribution >= 0.6 is 0 Å². The zero-order chi connectivity index (χ0) is 14.9. The molecule has 0 saturated heterocycles. The number of carbonyl (C=O) groups is 1. The molecule has 0 aliphatic rings. The second-order valence-corrected chi connectivity index (χ2v) is 4.94. The quantitative estimate of drug-likeness (QED) is 0.752. The summed E-state index contributed by atoms with van der Waals surface area (Å²) in [7, 11) is 0. The van der Waals surface area contributed by atoms with Gasteiger partial charge in [-0.15, -0.1) is 0 Å². The van der Waals surface area contributed by atoms with E-state index in [2.05, 4.69) is 12.1 Å². The predicted molar refractivity (Wildman–Crippen MR) is 82.7 cm³/mol. The molecule has 110 valence electrons. The second-order valence-electron chi connectivity index (χ2n) is 4.94. The van der Waals surface area contributed by atoms with Crippen molar-refractivity contribution in [3.63, 3.8) is 0 Å². The van der Waals surface area contributed by atoms with Gasteiger partial charge in [0.1, 0.15) is 5.75 Å². The fraction of sp³-hybridized carbons (Fsp3) is 0.278. The normalized spacial score (nSPS) is 10.3. The van der Waals surface area contributed by atoms with Gasteiger partial charge in [0.25, 0.3) is 0 Å². The van der Waals surface area contributed by atoms with E-state index in [9.17, 15) is 4.79 Å². The van der Waals surface area contributed by atoms with Gasteiger partial charge < -0.3 is 9.84 Å². The molecule has 3 heteroatoms. The number of rotatable bonds is 8. The molecule has 2 aromatic rings. The molecule has 0 spiro atoms. The molecule has 3 nitrogen and oxygen atoms in total. The van der Waals surface area contributed by atoms with Crippen LogP contribution < -0.4 is 4.74 Å². The van der Waals surface area contributed by atoms with E-state index in [0.29, 0.717) is 13.0 Å². The molecule has 21 heavy (non-hydrogen) atoms. The molecule has 2 aromatic carbocycles. The number of carboxylic acid groups (broad SMARTS) is 1. The fourth-order valence-corrected chi connectivity index (χ4v) is 2.20. The zero-order valence-corrected chi connectivity index (χ0v) is 12.0. The molecule has 0 aliphatic heterocycles. The molecular weight excluding hydrogens is 264 g/mol. The van der Waals surface area contributed by atoms with Crippen LogP contribution in [0.4, 0.5) is 0 Å². The molecule has 0 fully saturated rings. The van der Waals surface area contributed by atoms with Gasteiger partial charge in [0, 0.05) is 6.42 Å². The summed E-state index contributed by atoms with van der Waals surface area (Å²) in [6.07, 6.45) is 2.56. The number of para-hydroxylation sites is 1. The Balaban J connectivity index is 1.81. The lowest BCUT2D eigenvalue weighted by Crippen LogP contribution is -2.03. The van der Waals surface area contributed by atoms with Crippen LogP contribution in [0.5, 0.6) is 5.75 Å². The molecule has 0 aliphatic carbocycles. The van der Waals surface area contributed by atoms with Crippen molar-refractivity contribution in [1.82, 2.24) is 0 Å². The topological polar surface area (TPSA) is 46.5 Å². The number of benzene rings is 2. The first kappa shape index (κ1) is 15.1. The van der Waals surface area contributed by atoms with Crippen molar-refractivity contribution in [2.45, 2.75) is 25.7 Å². The summed E-state index contributed by atoms with van der Waals surface area (Å²) in [5, 5.41) is 8.77. The standard InChI is InChI=1S/C18H20O3/c19-18(20)13-12-16-10-4-5-11-17(16)21-14-6-9-15-7-2-1-3-8-15/h1-5,7-8,10-11H,6,9,12-14H2,(H,19,20). The van der Waals surface area contributed by atoms with Gasteiger partial charge in [0.15, 0.2) is 0 Å². The number of hydrogen-bond donors (Lipinski definition) is 1. The van der Waals surface area contributed by atoms with E-state index in [4.69, 9.17) is 9.84 Å². The van der Waals surface area contributed by atoms with E-state index >= 15 is 0 Å². The highest BCUT2D eigenvalue weighted by atomic mass is 16.5. The molecule has 0 unspecified atom stereocenters. The summed E-state index contributed by atoms with van der Waals surface area (Å²) in [5.74, 6) is 0.0145. The van der Waals surface area contributed by atoms with Gasteiger partial charge in [0.05, 0.1) is 6.61 Å². The smallest absolute Gasteiger partial charge is 0.303 e. The number of ether oxygens (including phenoxy) is 1. The average molecular weight is 284 g/mol. The number of hydrogen-bond acceptors (Lipinski definition) is 2. The minimum Gasteiger partial charge on any atom is -0.493 e. The molecule has 0 amide bonds. The monoisotopic (exact) mass is 284 g/mol. The van der Waals surface area contributed by atoms with Crippen molar-refractivity contribution in [2.75, 3.05) is 6.61 Å². The summed E-state index contributed by atoms with van der Waals surface area (Å²) < 4.78 is 5.80. The van der Waals surface area contributed by atoms with E-state index < -0.39 is 5.97 Å². The Hall–Kier alpha value is -2.29. The predicted octanol–water partition coefficient (Wildman–Crippen LogP) is 3.72. The van der Waals surface area contributed by atoms with Gasteiger partial charge in [-0.25, -0.2) is 0 Å². The van der Waals surface area contributed by atoms with Crippen LogP contribution in [0, 0.1) is 0 Å². The number of aryl methyl sites for hydroxylation is 2. The third-order valence-electron chi connectivity index (χ3n) is 3.29. The minimum absolute atomic E-state index is 0.129. The van der Waals surface area contributed by atoms with Gasteiger partial charge >= 0.3 is 5.97 Å². The molecule has 2 rings (SSSR count). The van der Waals surface area contributed by atoms with E-state index in [1.165, 1.54) is 5.56 Å². The highest BCUT2D eigenvalue weighted by Gasteiger charge is 2.05. The average Bonchev–Trinajstić information content (AvgIpc) is 2.51. The van der Waals surface area contributed by atoms with Crippen LogP contribution in [0.1, 0.15) is 24.0 Å². The summed E-state index contributed by atoms with van der Waals surface area (Å²) in [6.45, 7) is 0.638. The first-order valence-corrected chi connectivity index (χ1v) is 7.22. The molecule has 0 bridgehead atoms. The highest BCUT2D eigenvalue weighted by Crippen LogP contribution is 2.20. The van der Waals surface area contributed by atoms with Crippen molar-refractivity contribution in [1.29, 1.82) is 0 Å². The van der Waals surface area contributed by atoms with E-state index in [1.807, 2.05) is 42.5 Å². The van der Waals surface area contributed by atoms with Gasteiger partial charge in [0.2, 0.25) is 0 Å². The summed E-state index contributed by atoms with van der Waals surface area (Å²) in [4.78, 5) is 10.7. The lowest BCUT2D eigenvalue weighted by atomic mass is 10.1. The maximum absolute atomic E-state index is 10.7. The number of carboxylic acids is 1. The first-order chi connectivity index (χ1) is 10.3. The summed E-state index contributed by atoms with van der Waals surface area (Å²) >= 11 is 0. The van der Waals surface area contributed by atoms with Gasteiger partial charge in [-0.05, 0) is 36.5 Å². The molecule has 0 aromatic heterocycles. The van der Waals surface area contributed by atoms with Crippen LogP contribution in [0.3, 0.4) is 0 Å². The summed E-state index contributed by atoms with van der Waals surface area (Å²) in [5.41, 5.74) is 2.26. The van der Waals surface area contributed by atoms with Crippen molar-refractivity contribution in [2.24, 2.45) is 0 Å². The second kappa shape index (κ2) is 8.10. The van der Waals surface area contributed by atoms with E-state index in [0.717, 1.165) is 24.2 Å². The van der Waals surface area contributed by atoms with Gasteiger partial charge in [-0.3, -0.25) is 4.79 Å². The largest absolute Gasteiger partial charge is 0.493 e. The Morgan fingerprint density at radius 3 is 2.43 bits per heavy atom. The maximum atomic E-state index is 10.7. The third-order valence-corrected chi connectivity index (χ3v) is 3.29. The minimum atomic E-state index is -0.783. The molecular formula is C18H20O3. The third kappa shape index (κ3) is 5.30. The Kier molecular flexibility index (Phi) is 5.83. The number of aliphatic carboxylic acids is 1. The van der Waals surface area contributed by atoms with Crippen molar-refractivity contribution in [3.05, 3.63) is 65.7 Å². The Bertz CT molecular complexity index is 564. The highest BCUT2D eigenvalue weighted by molar-refractivity contribution is 5.67. The maximum Gasteiger partial charge on any atom is 0.303 e. The lowest BCUT2D eigenvalue weighted by molar-refractivity contribution is -0.136. The van der Waals surface area contributed by atoms with Crippen LogP contribution in [0.2, 0.25) is 0 Å². The molecule has 0 atom stereocenters. The van der Waals surface area contributed by atoms with Crippen molar-refractivity contribution < 1.29 is 14.6 Å². The van der Waals surface area contributed by atoms with Crippen LogP contribution in [0.25, 0.3) is 0 Å². The Labute approximate surface area is 125 Å². The summed E-state index contributed by atoms with van der Waals surface area (Å²) in [6, 6.07) is 18.0. The lowest BCUT2D eigenvalue weighted by Gasteiger charge is -2.10. The molecule has 0 heterocycles. The fourth-order valence-electron chi connectivity index (χ4n) is 2.20. The SMILES string of the molecule is O=C(O)CCc1ccccc1OCCCc1ccccc1. The van der Waals surface area contributed by atoms with Crippen LogP contribution in [-0.4, -0.2) is 17.7 Å². The molecule has 0 radical (unpaired) electrons. The van der Waals surface area contributed by atoms with Crippen LogP contribution in [0.15, 0.2) is 54.6 Å².